The number of nitrogens with zero attached hydrogens (tertiary/aromatic N) is 4. The Labute approximate surface area is 155 Å². The van der Waals surface area contributed by atoms with Crippen molar-refractivity contribution in [2.45, 2.75) is 44.4 Å². The number of likely N-dealkylation sites (tertiary alicyclic amines) is 1. The predicted octanol–water partition coefficient (Wildman–Crippen LogP) is 2.53. The summed E-state index contributed by atoms with van der Waals surface area (Å²) in [7, 11) is 0. The van der Waals surface area contributed by atoms with E-state index in [0.717, 1.165) is 36.9 Å². The Morgan fingerprint density at radius 3 is 2.62 bits per heavy atom. The van der Waals surface area contributed by atoms with Gasteiger partial charge in [0, 0.05) is 23.9 Å². The Bertz CT molecular complexity index is 810. The minimum Gasteiger partial charge on any atom is -0.476 e. The largest absolute Gasteiger partial charge is 0.476 e. The van der Waals surface area contributed by atoms with Gasteiger partial charge in [0.25, 0.3) is 5.91 Å². The first-order chi connectivity index (χ1) is 12.6. The number of carboxylic acids is 1. The number of amides is 1. The van der Waals surface area contributed by atoms with Crippen LogP contribution in [0.3, 0.4) is 0 Å². The third kappa shape index (κ3) is 3.33. The second-order valence-electron chi connectivity index (χ2n) is 6.81. The molecule has 1 fully saturated rings. The van der Waals surface area contributed by atoms with Crippen LogP contribution >= 0.6 is 11.3 Å². The number of carboxylic acid groups (broad SMARTS) is 1. The van der Waals surface area contributed by atoms with Crippen LogP contribution < -0.4 is 0 Å². The van der Waals surface area contributed by atoms with Gasteiger partial charge in [-0.1, -0.05) is 0 Å². The molecule has 1 saturated heterocycles. The van der Waals surface area contributed by atoms with Crippen LogP contribution in [0.25, 0.3) is 0 Å². The molecule has 8 heteroatoms. The predicted molar refractivity (Wildman–Crippen MR) is 95.6 cm³/mol. The van der Waals surface area contributed by atoms with E-state index in [1.807, 2.05) is 11.3 Å². The van der Waals surface area contributed by atoms with Gasteiger partial charge < -0.3 is 10.0 Å². The van der Waals surface area contributed by atoms with E-state index in [-0.39, 0.29) is 23.2 Å². The van der Waals surface area contributed by atoms with Crippen molar-refractivity contribution in [3.63, 3.8) is 0 Å². The second kappa shape index (κ2) is 7.11. The first kappa shape index (κ1) is 17.1. The summed E-state index contributed by atoms with van der Waals surface area (Å²) in [5, 5.41) is 10.0. The Balaban J connectivity index is 1.48. The topological polar surface area (TPSA) is 96.3 Å². The molecule has 1 aliphatic heterocycles. The molecule has 0 radical (unpaired) electrons. The first-order valence-corrected chi connectivity index (χ1v) is 9.76. The van der Waals surface area contributed by atoms with Gasteiger partial charge >= 0.3 is 5.97 Å². The zero-order valence-corrected chi connectivity index (χ0v) is 15.2. The van der Waals surface area contributed by atoms with E-state index >= 15 is 0 Å². The fraction of sp³-hybridized carbons (Fsp3) is 0.500. The second-order valence-corrected chi connectivity index (χ2v) is 7.93. The van der Waals surface area contributed by atoms with Crippen molar-refractivity contribution >= 4 is 23.2 Å². The number of fused-ring (bicyclic) bond motifs is 1. The molecular formula is C18H20N4O3S. The number of thiazole rings is 1. The summed E-state index contributed by atoms with van der Waals surface area (Å²) in [5.74, 6) is -1.07. The van der Waals surface area contributed by atoms with Crippen molar-refractivity contribution in [2.24, 2.45) is 0 Å². The number of rotatable bonds is 3. The molecule has 1 aliphatic carbocycles. The fourth-order valence-corrected chi connectivity index (χ4v) is 4.90. The van der Waals surface area contributed by atoms with E-state index < -0.39 is 5.97 Å². The number of aryl methyl sites for hydroxylation is 2. The quantitative estimate of drug-likeness (QED) is 0.889. The monoisotopic (exact) mass is 372 g/mol. The third-order valence-electron chi connectivity index (χ3n) is 5.01. The van der Waals surface area contributed by atoms with Crippen LogP contribution in [0.2, 0.25) is 0 Å². The minimum absolute atomic E-state index is 0.161. The molecule has 0 aromatic carbocycles. The fourth-order valence-electron chi connectivity index (χ4n) is 3.62. The molecule has 26 heavy (non-hydrogen) atoms. The number of carbonyl (C=O) groups is 2. The lowest BCUT2D eigenvalue weighted by atomic mass is 9.98. The maximum Gasteiger partial charge on any atom is 0.356 e. The van der Waals surface area contributed by atoms with Gasteiger partial charge in [-0.05, 0) is 38.5 Å². The maximum absolute atomic E-state index is 12.7. The van der Waals surface area contributed by atoms with E-state index in [1.54, 1.807) is 4.90 Å². The minimum atomic E-state index is -1.15. The Morgan fingerprint density at radius 1 is 1.12 bits per heavy atom. The normalized spacial score (nSPS) is 19.8. The third-order valence-corrected chi connectivity index (χ3v) is 6.33. The SMILES string of the molecule is O=C(O)c1cnc(C(=O)N2CCCC(c3nc4c(s3)CCCC4)C2)cn1. The molecule has 2 aliphatic rings. The van der Waals surface area contributed by atoms with E-state index in [0.29, 0.717) is 13.1 Å². The number of piperidine rings is 1. The number of hydrogen-bond donors (Lipinski definition) is 1. The standard InChI is InChI=1S/C18H20N4O3S/c23-17(13-8-20-14(9-19-13)18(24)25)22-7-3-4-11(10-22)16-21-12-5-1-2-6-15(12)26-16/h8-9,11H,1-7,10H2,(H,24,25). The highest BCUT2D eigenvalue weighted by molar-refractivity contribution is 7.11. The number of aromatic carboxylic acids is 1. The highest BCUT2D eigenvalue weighted by Crippen LogP contribution is 2.34. The zero-order chi connectivity index (χ0) is 18.1. The van der Waals surface area contributed by atoms with Gasteiger partial charge in [-0.2, -0.15) is 0 Å². The smallest absolute Gasteiger partial charge is 0.356 e. The van der Waals surface area contributed by atoms with Crippen molar-refractivity contribution in [2.75, 3.05) is 13.1 Å². The first-order valence-electron chi connectivity index (χ1n) is 8.95. The number of hydrogen-bond acceptors (Lipinski definition) is 6. The van der Waals surface area contributed by atoms with E-state index in [2.05, 4.69) is 9.97 Å². The van der Waals surface area contributed by atoms with Gasteiger partial charge in [-0.15, -0.1) is 11.3 Å². The van der Waals surface area contributed by atoms with Crippen molar-refractivity contribution in [1.82, 2.24) is 19.9 Å². The van der Waals surface area contributed by atoms with Crippen LogP contribution in [0.1, 0.15) is 68.2 Å². The lowest BCUT2D eigenvalue weighted by Crippen LogP contribution is -2.39. The molecule has 2 aromatic rings. The molecule has 0 saturated carbocycles. The number of carbonyl (C=O) groups excluding carboxylic acids is 1. The van der Waals surface area contributed by atoms with Gasteiger partial charge in [-0.25, -0.2) is 19.7 Å². The molecule has 0 spiro atoms. The molecule has 2 aromatic heterocycles. The molecule has 1 atom stereocenters. The van der Waals surface area contributed by atoms with Crippen molar-refractivity contribution < 1.29 is 14.7 Å². The van der Waals surface area contributed by atoms with E-state index in [9.17, 15) is 9.59 Å². The van der Waals surface area contributed by atoms with Crippen LogP contribution in [-0.2, 0) is 12.8 Å². The van der Waals surface area contributed by atoms with Gasteiger partial charge in [0.1, 0.15) is 5.69 Å². The highest BCUT2D eigenvalue weighted by atomic mass is 32.1. The lowest BCUT2D eigenvalue weighted by molar-refractivity contribution is 0.0677. The molecule has 7 nitrogen and oxygen atoms in total. The summed E-state index contributed by atoms with van der Waals surface area (Å²) in [6.07, 6.45) is 9.02. The van der Waals surface area contributed by atoms with E-state index in [1.165, 1.54) is 29.6 Å². The lowest BCUT2D eigenvalue weighted by Gasteiger charge is -2.31. The van der Waals surface area contributed by atoms with Crippen molar-refractivity contribution in [1.29, 1.82) is 0 Å². The van der Waals surface area contributed by atoms with Crippen LogP contribution in [0.15, 0.2) is 12.4 Å². The zero-order valence-electron chi connectivity index (χ0n) is 14.3. The summed E-state index contributed by atoms with van der Waals surface area (Å²) in [4.78, 5) is 39.4. The molecule has 4 rings (SSSR count). The molecule has 136 valence electrons. The Kier molecular flexibility index (Phi) is 4.67. The maximum atomic E-state index is 12.7. The number of aromatic nitrogens is 3. The summed E-state index contributed by atoms with van der Waals surface area (Å²) >= 11 is 1.81. The molecule has 3 heterocycles. The molecule has 1 amide bonds. The van der Waals surface area contributed by atoms with Crippen LogP contribution in [0, 0.1) is 0 Å². The Hall–Kier alpha value is -2.35. The molecular weight excluding hydrogens is 352 g/mol. The average molecular weight is 372 g/mol. The summed E-state index contributed by atoms with van der Waals surface area (Å²) < 4.78 is 0. The summed E-state index contributed by atoms with van der Waals surface area (Å²) in [6, 6.07) is 0. The molecule has 0 bridgehead atoms. The Morgan fingerprint density at radius 2 is 1.88 bits per heavy atom. The van der Waals surface area contributed by atoms with Gasteiger partial charge in [0.2, 0.25) is 0 Å². The molecule has 1 unspecified atom stereocenters. The van der Waals surface area contributed by atoms with E-state index in [4.69, 9.17) is 10.1 Å². The average Bonchev–Trinajstić information content (AvgIpc) is 3.12. The highest BCUT2D eigenvalue weighted by Gasteiger charge is 2.29. The summed E-state index contributed by atoms with van der Waals surface area (Å²) in [5.41, 5.74) is 1.29. The van der Waals surface area contributed by atoms with Gasteiger partial charge in [0.15, 0.2) is 5.69 Å². The van der Waals surface area contributed by atoms with Crippen LogP contribution in [0.5, 0.6) is 0 Å². The van der Waals surface area contributed by atoms with Crippen molar-refractivity contribution in [3.8, 4) is 0 Å². The molecule has 1 N–H and O–H groups in total. The van der Waals surface area contributed by atoms with Gasteiger partial charge in [0.05, 0.1) is 23.1 Å². The van der Waals surface area contributed by atoms with Crippen LogP contribution in [-0.4, -0.2) is 49.9 Å². The van der Waals surface area contributed by atoms with Crippen LogP contribution in [0.4, 0.5) is 0 Å². The summed E-state index contributed by atoms with van der Waals surface area (Å²) in [6.45, 7) is 1.32. The van der Waals surface area contributed by atoms with Gasteiger partial charge in [-0.3, -0.25) is 4.79 Å². The van der Waals surface area contributed by atoms with Crippen molar-refractivity contribution in [3.05, 3.63) is 39.4 Å².